The zero-order valence-corrected chi connectivity index (χ0v) is 10.4. The number of anilines is 1. The summed E-state index contributed by atoms with van der Waals surface area (Å²) in [6.45, 7) is 5.97. The molecule has 1 heterocycles. The summed E-state index contributed by atoms with van der Waals surface area (Å²) in [4.78, 5) is 15.6. The van der Waals surface area contributed by atoms with E-state index in [1.165, 1.54) is 0 Å². The van der Waals surface area contributed by atoms with Crippen molar-refractivity contribution in [1.29, 1.82) is 0 Å². The van der Waals surface area contributed by atoms with E-state index in [-0.39, 0.29) is 5.91 Å². The molecule has 1 unspecified atom stereocenters. The van der Waals surface area contributed by atoms with Crippen LogP contribution in [-0.2, 0) is 0 Å². The smallest absolute Gasteiger partial charge is 0.269 e. The molecule has 0 aliphatic rings. The van der Waals surface area contributed by atoms with Crippen LogP contribution in [0.2, 0.25) is 0 Å². The summed E-state index contributed by atoms with van der Waals surface area (Å²) < 4.78 is 0. The Kier molecular flexibility index (Phi) is 5.42. The Labute approximate surface area is 102 Å². The zero-order chi connectivity index (χ0) is 12.7. The van der Waals surface area contributed by atoms with Crippen molar-refractivity contribution in [1.82, 2.24) is 10.3 Å². The fourth-order valence-corrected chi connectivity index (χ4v) is 1.29. The summed E-state index contributed by atoms with van der Waals surface area (Å²) in [6, 6.07) is 3.58. The lowest BCUT2D eigenvalue weighted by Gasteiger charge is -2.11. The van der Waals surface area contributed by atoms with Crippen molar-refractivity contribution in [2.24, 2.45) is 11.7 Å². The first-order valence-electron chi connectivity index (χ1n) is 5.85. The molecule has 5 nitrogen and oxygen atoms in total. The van der Waals surface area contributed by atoms with E-state index in [9.17, 15) is 4.79 Å². The van der Waals surface area contributed by atoms with Gasteiger partial charge in [0.25, 0.3) is 5.91 Å². The number of amides is 1. The fourth-order valence-electron chi connectivity index (χ4n) is 1.29. The molecule has 1 atom stereocenters. The van der Waals surface area contributed by atoms with E-state index in [4.69, 9.17) is 5.73 Å². The molecule has 0 bridgehead atoms. The van der Waals surface area contributed by atoms with E-state index in [1.54, 1.807) is 12.3 Å². The normalized spacial score (nSPS) is 11.9. The molecule has 1 aromatic rings. The molecular weight excluding hydrogens is 216 g/mol. The third-order valence-electron chi connectivity index (χ3n) is 2.39. The first kappa shape index (κ1) is 13.4. The van der Waals surface area contributed by atoms with Crippen molar-refractivity contribution in [2.75, 3.05) is 25.0 Å². The largest absolute Gasteiger partial charge is 0.385 e. The molecule has 0 saturated heterocycles. The third kappa shape index (κ3) is 4.40. The van der Waals surface area contributed by atoms with E-state index >= 15 is 0 Å². The van der Waals surface area contributed by atoms with Crippen molar-refractivity contribution < 1.29 is 4.79 Å². The van der Waals surface area contributed by atoms with Gasteiger partial charge in [-0.1, -0.05) is 6.92 Å². The van der Waals surface area contributed by atoms with E-state index in [0.29, 0.717) is 24.7 Å². The van der Waals surface area contributed by atoms with Crippen LogP contribution in [0, 0.1) is 5.92 Å². The SMILES string of the molecule is CCNC(=O)c1cc(NCC(C)CN)ccn1. The molecule has 0 aliphatic heterocycles. The highest BCUT2D eigenvalue weighted by molar-refractivity contribution is 5.93. The van der Waals surface area contributed by atoms with Crippen LogP contribution in [0.1, 0.15) is 24.3 Å². The number of nitrogens with zero attached hydrogens (tertiary/aromatic N) is 1. The molecule has 0 radical (unpaired) electrons. The van der Waals surface area contributed by atoms with E-state index in [1.807, 2.05) is 13.0 Å². The van der Waals surface area contributed by atoms with Crippen LogP contribution in [0.5, 0.6) is 0 Å². The molecule has 0 spiro atoms. The van der Waals surface area contributed by atoms with Gasteiger partial charge in [-0.15, -0.1) is 0 Å². The molecule has 1 amide bonds. The topological polar surface area (TPSA) is 80.0 Å². The summed E-state index contributed by atoms with van der Waals surface area (Å²) >= 11 is 0. The Morgan fingerprint density at radius 1 is 1.59 bits per heavy atom. The minimum atomic E-state index is -0.150. The number of pyridine rings is 1. The van der Waals surface area contributed by atoms with Crippen LogP contribution in [-0.4, -0.2) is 30.5 Å². The van der Waals surface area contributed by atoms with Crippen LogP contribution < -0.4 is 16.4 Å². The van der Waals surface area contributed by atoms with Crippen LogP contribution >= 0.6 is 0 Å². The van der Waals surface area contributed by atoms with E-state index < -0.39 is 0 Å². The number of hydrogen-bond acceptors (Lipinski definition) is 4. The molecule has 17 heavy (non-hydrogen) atoms. The lowest BCUT2D eigenvalue weighted by atomic mass is 10.2. The number of nitrogens with one attached hydrogen (secondary N) is 2. The Morgan fingerprint density at radius 3 is 3.00 bits per heavy atom. The summed E-state index contributed by atoms with van der Waals surface area (Å²) in [6.07, 6.45) is 1.63. The predicted octanol–water partition coefficient (Wildman–Crippen LogP) is 0.838. The minimum absolute atomic E-state index is 0.150. The van der Waals surface area contributed by atoms with Gasteiger partial charge in [-0.05, 0) is 31.5 Å². The third-order valence-corrected chi connectivity index (χ3v) is 2.39. The van der Waals surface area contributed by atoms with Crippen molar-refractivity contribution >= 4 is 11.6 Å². The van der Waals surface area contributed by atoms with E-state index in [2.05, 4.69) is 22.5 Å². The van der Waals surface area contributed by atoms with Gasteiger partial charge in [0.2, 0.25) is 0 Å². The summed E-state index contributed by atoms with van der Waals surface area (Å²) in [7, 11) is 0. The molecule has 0 aliphatic carbocycles. The maximum absolute atomic E-state index is 11.6. The molecule has 1 aromatic heterocycles. The lowest BCUT2D eigenvalue weighted by molar-refractivity contribution is 0.0951. The van der Waals surface area contributed by atoms with Crippen molar-refractivity contribution in [3.8, 4) is 0 Å². The number of hydrogen-bond donors (Lipinski definition) is 3. The Morgan fingerprint density at radius 2 is 2.35 bits per heavy atom. The number of aromatic nitrogens is 1. The van der Waals surface area contributed by atoms with E-state index in [0.717, 1.165) is 12.2 Å². The van der Waals surface area contributed by atoms with Crippen molar-refractivity contribution in [2.45, 2.75) is 13.8 Å². The standard InChI is InChI=1S/C12H20N4O/c1-3-14-12(17)11-6-10(4-5-15-11)16-8-9(2)7-13/h4-6,9H,3,7-8,13H2,1-2H3,(H,14,17)(H,15,16). The van der Waals surface area contributed by atoms with Gasteiger partial charge in [-0.25, -0.2) is 0 Å². The Bertz CT molecular complexity index is 367. The van der Waals surface area contributed by atoms with Gasteiger partial charge in [0.05, 0.1) is 0 Å². The molecular formula is C12H20N4O. The minimum Gasteiger partial charge on any atom is -0.385 e. The fraction of sp³-hybridized carbons (Fsp3) is 0.500. The molecule has 94 valence electrons. The van der Waals surface area contributed by atoms with Gasteiger partial charge in [0.15, 0.2) is 0 Å². The number of nitrogens with two attached hydrogens (primary N) is 1. The summed E-state index contributed by atoms with van der Waals surface area (Å²) in [5, 5.41) is 5.95. The highest BCUT2D eigenvalue weighted by Gasteiger charge is 2.06. The zero-order valence-electron chi connectivity index (χ0n) is 10.4. The maximum atomic E-state index is 11.6. The summed E-state index contributed by atoms with van der Waals surface area (Å²) in [5.74, 6) is 0.249. The number of carbonyl (C=O) groups excluding carboxylic acids is 1. The first-order chi connectivity index (χ1) is 8.17. The second-order valence-corrected chi connectivity index (χ2v) is 4.01. The monoisotopic (exact) mass is 236 g/mol. The number of carbonyl (C=O) groups is 1. The second-order valence-electron chi connectivity index (χ2n) is 4.01. The predicted molar refractivity (Wildman–Crippen MR) is 69.0 cm³/mol. The van der Waals surface area contributed by atoms with Gasteiger partial charge in [-0.2, -0.15) is 0 Å². The van der Waals surface area contributed by atoms with Gasteiger partial charge in [0.1, 0.15) is 5.69 Å². The Hall–Kier alpha value is -1.62. The van der Waals surface area contributed by atoms with Crippen molar-refractivity contribution in [3.05, 3.63) is 24.0 Å². The van der Waals surface area contributed by atoms with Gasteiger partial charge in [0, 0.05) is 25.0 Å². The van der Waals surface area contributed by atoms with Gasteiger partial charge >= 0.3 is 0 Å². The number of rotatable bonds is 6. The molecule has 0 fully saturated rings. The Balaban J connectivity index is 2.62. The molecule has 0 saturated carbocycles. The average molecular weight is 236 g/mol. The maximum Gasteiger partial charge on any atom is 0.269 e. The van der Waals surface area contributed by atoms with Gasteiger partial charge in [-0.3, -0.25) is 9.78 Å². The first-order valence-corrected chi connectivity index (χ1v) is 5.85. The van der Waals surface area contributed by atoms with Crippen LogP contribution in [0.15, 0.2) is 18.3 Å². The molecule has 5 heteroatoms. The average Bonchev–Trinajstić information content (AvgIpc) is 2.36. The molecule has 1 rings (SSSR count). The van der Waals surface area contributed by atoms with Crippen LogP contribution in [0.4, 0.5) is 5.69 Å². The van der Waals surface area contributed by atoms with Crippen LogP contribution in [0.25, 0.3) is 0 Å². The highest BCUT2D eigenvalue weighted by atomic mass is 16.1. The second kappa shape index (κ2) is 6.85. The van der Waals surface area contributed by atoms with Crippen LogP contribution in [0.3, 0.4) is 0 Å². The highest BCUT2D eigenvalue weighted by Crippen LogP contribution is 2.08. The molecule has 0 aromatic carbocycles. The quantitative estimate of drug-likeness (QED) is 0.683. The lowest BCUT2D eigenvalue weighted by Crippen LogP contribution is -2.24. The van der Waals surface area contributed by atoms with Gasteiger partial charge < -0.3 is 16.4 Å². The molecule has 4 N–H and O–H groups in total. The summed E-state index contributed by atoms with van der Waals surface area (Å²) in [5.41, 5.74) is 6.86. The van der Waals surface area contributed by atoms with Crippen molar-refractivity contribution in [3.63, 3.8) is 0 Å².